The number of anilines is 1. The monoisotopic (exact) mass is 605 g/mol. The van der Waals surface area contributed by atoms with Gasteiger partial charge in [0.25, 0.3) is 0 Å². The van der Waals surface area contributed by atoms with E-state index in [-0.39, 0.29) is 49.7 Å². The lowest BCUT2D eigenvalue weighted by atomic mass is 9.83. The molecule has 3 unspecified atom stereocenters. The number of aliphatic carboxylic acids is 1. The molecule has 0 saturated carbocycles. The lowest BCUT2D eigenvalue weighted by Crippen LogP contribution is -2.52. The van der Waals surface area contributed by atoms with Gasteiger partial charge in [0.05, 0.1) is 19.1 Å². The van der Waals surface area contributed by atoms with Gasteiger partial charge < -0.3 is 25.4 Å². The zero-order valence-corrected chi connectivity index (χ0v) is 25.6. The molecule has 44 heavy (non-hydrogen) atoms. The number of unbranched alkanes of at least 4 members (excludes halogenated alkanes) is 1. The van der Waals surface area contributed by atoms with Crippen LogP contribution in [0.5, 0.6) is 5.75 Å². The van der Waals surface area contributed by atoms with Crippen LogP contribution in [0.4, 0.5) is 10.5 Å². The number of nitrogens with zero attached hydrogens (tertiary/aromatic N) is 4. The summed E-state index contributed by atoms with van der Waals surface area (Å²) in [4.78, 5) is 58.9. The van der Waals surface area contributed by atoms with E-state index in [0.29, 0.717) is 32.8 Å². The number of carbonyl (C=O) groups excluding carboxylic acids is 3. The van der Waals surface area contributed by atoms with Crippen molar-refractivity contribution < 1.29 is 29.0 Å². The van der Waals surface area contributed by atoms with E-state index in [2.05, 4.69) is 6.92 Å². The molecule has 2 aromatic rings. The van der Waals surface area contributed by atoms with E-state index < -0.39 is 17.9 Å². The van der Waals surface area contributed by atoms with Gasteiger partial charge in [-0.3, -0.25) is 24.2 Å². The van der Waals surface area contributed by atoms with Gasteiger partial charge in [0.1, 0.15) is 5.75 Å². The summed E-state index contributed by atoms with van der Waals surface area (Å²) in [5, 5.41) is 10.6. The SMILES string of the molecule is CCCCN(C(=O)CN1CC(c2ccc3c(c2)CCO3)C(C(=O)O)C1CCN1C(=O)CCN(C)C1=O)c1cccc(CN)c1. The molecule has 2 aromatic carbocycles. The van der Waals surface area contributed by atoms with Gasteiger partial charge in [-0.1, -0.05) is 37.6 Å². The molecule has 3 aliphatic heterocycles. The summed E-state index contributed by atoms with van der Waals surface area (Å²) in [6.07, 6.45) is 2.96. The highest BCUT2D eigenvalue weighted by Gasteiger charge is 2.48. The molecule has 0 bridgehead atoms. The zero-order chi connectivity index (χ0) is 31.4. The molecular weight excluding hydrogens is 562 g/mol. The number of rotatable bonds is 12. The highest BCUT2D eigenvalue weighted by atomic mass is 16.5. The number of carbonyl (C=O) groups is 4. The van der Waals surface area contributed by atoms with E-state index in [0.717, 1.165) is 47.4 Å². The second-order valence-electron chi connectivity index (χ2n) is 12.0. The van der Waals surface area contributed by atoms with Crippen molar-refractivity contribution in [2.24, 2.45) is 11.7 Å². The van der Waals surface area contributed by atoms with Crippen molar-refractivity contribution in [1.29, 1.82) is 0 Å². The van der Waals surface area contributed by atoms with Crippen LogP contribution in [0.2, 0.25) is 0 Å². The van der Waals surface area contributed by atoms with Gasteiger partial charge in [-0.15, -0.1) is 0 Å². The molecule has 3 aliphatic rings. The third-order valence-electron chi connectivity index (χ3n) is 9.18. The van der Waals surface area contributed by atoms with Crippen LogP contribution in [-0.4, -0.2) is 96.0 Å². The molecule has 0 aliphatic carbocycles. The number of urea groups is 1. The Balaban J connectivity index is 1.45. The zero-order valence-electron chi connectivity index (χ0n) is 25.6. The first kappa shape index (κ1) is 31.5. The van der Waals surface area contributed by atoms with Gasteiger partial charge in [0, 0.05) is 70.3 Å². The average Bonchev–Trinajstić information content (AvgIpc) is 3.63. The molecule has 0 radical (unpaired) electrons. The third kappa shape index (κ3) is 6.58. The molecule has 0 spiro atoms. The Morgan fingerprint density at radius 1 is 1.14 bits per heavy atom. The number of hydrogen-bond donors (Lipinski definition) is 2. The fourth-order valence-corrected chi connectivity index (χ4v) is 6.74. The Morgan fingerprint density at radius 3 is 2.70 bits per heavy atom. The summed E-state index contributed by atoms with van der Waals surface area (Å²) >= 11 is 0. The number of imide groups is 1. The Morgan fingerprint density at radius 2 is 1.95 bits per heavy atom. The molecular formula is C33H43N5O6. The van der Waals surface area contributed by atoms with Crippen molar-refractivity contribution in [2.45, 2.75) is 57.5 Å². The van der Waals surface area contributed by atoms with Crippen LogP contribution in [0.15, 0.2) is 42.5 Å². The number of amides is 4. The first-order valence-corrected chi connectivity index (χ1v) is 15.6. The fourth-order valence-electron chi connectivity index (χ4n) is 6.74. The largest absolute Gasteiger partial charge is 0.493 e. The van der Waals surface area contributed by atoms with Gasteiger partial charge in [-0.05, 0) is 47.7 Å². The Bertz CT molecular complexity index is 1400. The van der Waals surface area contributed by atoms with Crippen LogP contribution in [0.25, 0.3) is 0 Å². The number of hydrogen-bond acceptors (Lipinski definition) is 7. The van der Waals surface area contributed by atoms with Crippen molar-refractivity contribution in [3.8, 4) is 5.75 Å². The summed E-state index contributed by atoms with van der Waals surface area (Å²) in [5.41, 5.74) is 9.51. The lowest BCUT2D eigenvalue weighted by Gasteiger charge is -2.34. The standard InChI is InChI=1S/C33H43N5O6/c1-3-4-13-37(25-7-5-6-22(17-25)19-34)30(40)21-36-20-26(23-8-9-28-24(18-23)12-16-44-28)31(32(41)42)27(36)10-15-38-29(39)11-14-35(2)33(38)43/h5-9,17-18,26-27,31H,3-4,10-16,19-21,34H2,1-2H3,(H,41,42). The number of nitrogens with two attached hydrogens (primary N) is 1. The number of fused-ring (bicyclic) bond motifs is 1. The number of likely N-dealkylation sites (tertiary alicyclic amines) is 1. The molecule has 2 fully saturated rings. The number of ether oxygens (including phenoxy) is 1. The van der Waals surface area contributed by atoms with E-state index >= 15 is 0 Å². The fraction of sp³-hybridized carbons (Fsp3) is 0.515. The molecule has 2 saturated heterocycles. The maximum atomic E-state index is 14.0. The van der Waals surface area contributed by atoms with Crippen LogP contribution < -0.4 is 15.4 Å². The van der Waals surface area contributed by atoms with Crippen LogP contribution >= 0.6 is 0 Å². The van der Waals surface area contributed by atoms with Crippen LogP contribution in [0.3, 0.4) is 0 Å². The highest BCUT2D eigenvalue weighted by molar-refractivity contribution is 5.97. The predicted octanol–water partition coefficient (Wildman–Crippen LogP) is 3.06. The number of benzene rings is 2. The van der Waals surface area contributed by atoms with Crippen molar-refractivity contribution in [3.05, 3.63) is 59.2 Å². The molecule has 0 aromatic heterocycles. The molecule has 4 amide bonds. The Hall–Kier alpha value is -3.96. The maximum absolute atomic E-state index is 14.0. The van der Waals surface area contributed by atoms with Crippen molar-refractivity contribution in [1.82, 2.24) is 14.7 Å². The van der Waals surface area contributed by atoms with Crippen LogP contribution in [0, 0.1) is 5.92 Å². The number of carboxylic acid groups (broad SMARTS) is 1. The van der Waals surface area contributed by atoms with E-state index in [4.69, 9.17) is 10.5 Å². The van der Waals surface area contributed by atoms with Gasteiger partial charge in [-0.2, -0.15) is 0 Å². The van der Waals surface area contributed by atoms with E-state index in [1.807, 2.05) is 47.4 Å². The van der Waals surface area contributed by atoms with Crippen molar-refractivity contribution in [2.75, 3.05) is 51.3 Å². The second-order valence-corrected chi connectivity index (χ2v) is 12.0. The first-order valence-electron chi connectivity index (χ1n) is 15.6. The van der Waals surface area contributed by atoms with Crippen molar-refractivity contribution >= 4 is 29.5 Å². The molecule has 11 nitrogen and oxygen atoms in total. The normalized spacial score (nSPS) is 21.8. The summed E-state index contributed by atoms with van der Waals surface area (Å²) in [6.45, 7) is 4.37. The van der Waals surface area contributed by atoms with E-state index in [1.54, 1.807) is 11.9 Å². The predicted molar refractivity (Wildman–Crippen MR) is 165 cm³/mol. The minimum atomic E-state index is -0.960. The van der Waals surface area contributed by atoms with Crippen LogP contribution in [-0.2, 0) is 27.3 Å². The Kier molecular flexibility index (Phi) is 9.85. The summed E-state index contributed by atoms with van der Waals surface area (Å²) in [5.74, 6) is -1.74. The first-order chi connectivity index (χ1) is 21.2. The summed E-state index contributed by atoms with van der Waals surface area (Å²) in [7, 11) is 1.65. The highest BCUT2D eigenvalue weighted by Crippen LogP contribution is 2.41. The quantitative estimate of drug-likeness (QED) is 0.377. The maximum Gasteiger partial charge on any atom is 0.326 e. The van der Waals surface area contributed by atoms with E-state index in [9.17, 15) is 24.3 Å². The summed E-state index contributed by atoms with van der Waals surface area (Å²) in [6, 6.07) is 12.5. The van der Waals surface area contributed by atoms with Gasteiger partial charge in [0.2, 0.25) is 11.8 Å². The number of carboxylic acids is 1. The minimum Gasteiger partial charge on any atom is -0.493 e. The van der Waals surface area contributed by atoms with Crippen LogP contribution in [0.1, 0.15) is 55.2 Å². The lowest BCUT2D eigenvalue weighted by molar-refractivity contribution is -0.143. The molecule has 3 N–H and O–H groups in total. The third-order valence-corrected chi connectivity index (χ3v) is 9.18. The average molecular weight is 606 g/mol. The topological polar surface area (TPSA) is 137 Å². The Labute approximate surface area is 258 Å². The molecule has 236 valence electrons. The molecule has 11 heteroatoms. The van der Waals surface area contributed by atoms with Gasteiger partial charge in [0.15, 0.2) is 0 Å². The molecule has 5 rings (SSSR count). The molecule has 3 heterocycles. The van der Waals surface area contributed by atoms with E-state index in [1.165, 1.54) is 9.80 Å². The van der Waals surface area contributed by atoms with Crippen molar-refractivity contribution in [3.63, 3.8) is 0 Å². The second kappa shape index (κ2) is 13.8. The van der Waals surface area contributed by atoms with Gasteiger partial charge in [-0.25, -0.2) is 4.79 Å². The minimum absolute atomic E-state index is 0.0113. The van der Waals surface area contributed by atoms with Gasteiger partial charge >= 0.3 is 12.0 Å². The molecule has 3 atom stereocenters. The summed E-state index contributed by atoms with van der Waals surface area (Å²) < 4.78 is 5.68. The smallest absolute Gasteiger partial charge is 0.326 e.